The van der Waals surface area contributed by atoms with Crippen molar-refractivity contribution < 1.29 is 63.5 Å². The zero-order valence-electron chi connectivity index (χ0n) is 34.3. The number of hydrogen-bond donors (Lipinski definition) is 5. The Kier molecular flexibility index (Phi) is 5.80. The van der Waals surface area contributed by atoms with Crippen molar-refractivity contribution in [3.05, 3.63) is 12.2 Å². The first-order valence-electron chi connectivity index (χ1n) is 22.3. The van der Waals surface area contributed by atoms with Crippen LogP contribution in [0.5, 0.6) is 0 Å². The molecule has 0 aromatic rings. The summed E-state index contributed by atoms with van der Waals surface area (Å²) in [7, 11) is 0. The molecule has 0 aromatic heterocycles. The molecular weight excluding hydrogens is 748 g/mol. The van der Waals surface area contributed by atoms with Crippen LogP contribution >= 0.6 is 0 Å². The Hall–Kier alpha value is -1.36. The molecule has 5 N–H and O–H groups in total. The summed E-state index contributed by atoms with van der Waals surface area (Å²) < 4.78 is 39.9. The SMILES string of the molecule is C=C1C2C(=O)[C@]34[C@H]2[C@H]1CC[C@H]3[C@@]12CO[C@]4(O)[C@@H](O)[C@@H]1C(C)(C)[C@@H](OC(C)(O)O[C@@]13OC[C@]4([C@@H]5O[C@@H]5[C@H](O)C(C)(C)[C@H]4[C@@H]1O)[C@@H]1CC[C@@H]4[C@H]5C(C(=O)[C@]513)C4(C)C)[C@H]1O[C@H]12. The van der Waals surface area contributed by atoms with Crippen LogP contribution in [-0.2, 0) is 38.0 Å². The number of fused-ring (bicyclic) bond motifs is 4. The van der Waals surface area contributed by atoms with E-state index in [4.69, 9.17) is 28.4 Å². The summed E-state index contributed by atoms with van der Waals surface area (Å²) in [4.78, 5) is 29.4. The van der Waals surface area contributed by atoms with Crippen molar-refractivity contribution in [2.24, 2.45) is 97.1 Å². The minimum Gasteiger partial charge on any atom is -0.390 e. The maximum Gasteiger partial charge on any atom is 0.280 e. The number of ether oxygens (including phenoxy) is 6. The highest BCUT2D eigenvalue weighted by Crippen LogP contribution is 2.89. The minimum absolute atomic E-state index is 0.00328. The van der Waals surface area contributed by atoms with E-state index >= 15 is 4.79 Å². The number of carbonyl (C=O) groups is 2. The van der Waals surface area contributed by atoms with Gasteiger partial charge in [0.1, 0.15) is 30.2 Å². The van der Waals surface area contributed by atoms with Gasteiger partial charge in [0, 0.05) is 46.8 Å². The summed E-state index contributed by atoms with van der Waals surface area (Å²) in [6.07, 6.45) is -3.23. The lowest BCUT2D eigenvalue weighted by atomic mass is 9.19. The molecule has 13 heteroatoms. The third-order valence-corrected chi connectivity index (χ3v) is 21.9. The average molecular weight is 807 g/mol. The Morgan fingerprint density at radius 2 is 1.36 bits per heavy atom. The Morgan fingerprint density at radius 3 is 2.09 bits per heavy atom. The highest BCUT2D eigenvalue weighted by atomic mass is 16.9. The Labute approximate surface area is 337 Å². The summed E-state index contributed by atoms with van der Waals surface area (Å²) in [5.74, 6) is -8.80. The normalized spacial score (nSPS) is 67.1. The molecule has 10 aliphatic carbocycles. The maximum atomic E-state index is 15.1. The number of carbonyl (C=O) groups excluding carboxylic acids is 2. The summed E-state index contributed by atoms with van der Waals surface area (Å²) in [6.45, 7) is 18.0. The van der Waals surface area contributed by atoms with E-state index in [0.29, 0.717) is 12.8 Å². The van der Waals surface area contributed by atoms with Gasteiger partial charge in [-0.15, -0.1) is 0 Å². The standard InChI is InChI=1S/C45H58O13/c1-15-16-9-11-18-40-13-53-44(52,42(18)21(16)20(15)28(42)46)31(49)26(40)38(6,7)33(25-35(40)56-25)57-39(8,51)58-45-32(50)27-37(4,5)30(48)24-34(55-24)41(27,14-54-45)19-12-10-17-22-23(36(17,2)3)29(47)43(19,22)45/h16-27,30-35,48-52H,1,9-14H2,2-8H3/t16-,17+,18-,19-,20?,21-,22-,23?,24+,25+,26+,27+,30-,31-,32-,33-,34+,35+,39?,40-,41-,42+,43+,44+,45-/m0/s1. The fourth-order valence-electron chi connectivity index (χ4n) is 20.3. The quantitative estimate of drug-likeness (QED) is 0.157. The van der Waals surface area contributed by atoms with E-state index in [-0.39, 0.29) is 83.6 Å². The predicted octanol–water partition coefficient (Wildman–Crippen LogP) is 1.69. The highest BCUT2D eigenvalue weighted by molar-refractivity contribution is 6.01. The molecule has 0 amide bonds. The molecule has 4 bridgehead atoms. The van der Waals surface area contributed by atoms with Crippen LogP contribution in [-0.4, -0.2) is 117 Å². The lowest BCUT2D eigenvalue weighted by Crippen LogP contribution is -2.94. The molecule has 4 spiro atoms. The van der Waals surface area contributed by atoms with Crippen molar-refractivity contribution in [2.75, 3.05) is 13.2 Å². The fourth-order valence-corrected chi connectivity index (χ4v) is 20.3. The number of epoxide rings is 2. The number of aliphatic hydroxyl groups is 5. The first-order valence-corrected chi connectivity index (χ1v) is 22.3. The third kappa shape index (κ3) is 2.93. The van der Waals surface area contributed by atoms with Crippen LogP contribution in [0.4, 0.5) is 0 Å². The van der Waals surface area contributed by atoms with Crippen molar-refractivity contribution in [3.63, 3.8) is 0 Å². The van der Waals surface area contributed by atoms with Crippen LogP contribution in [0.2, 0.25) is 0 Å². The van der Waals surface area contributed by atoms with Gasteiger partial charge < -0.3 is 49.2 Å². The molecule has 13 nitrogen and oxygen atoms in total. The van der Waals surface area contributed by atoms with Crippen LogP contribution in [0.25, 0.3) is 0 Å². The van der Waals surface area contributed by atoms with Gasteiger partial charge in [0.05, 0.1) is 48.5 Å². The number of allylic oxidation sites excluding steroid dienone is 1. The van der Waals surface area contributed by atoms with Gasteiger partial charge in [-0.05, 0) is 72.0 Å². The monoisotopic (exact) mass is 806 g/mol. The van der Waals surface area contributed by atoms with Crippen molar-refractivity contribution in [1.82, 2.24) is 0 Å². The second kappa shape index (κ2) is 9.30. The Morgan fingerprint density at radius 1 is 0.741 bits per heavy atom. The molecule has 316 valence electrons. The molecule has 16 rings (SSSR count). The van der Waals surface area contributed by atoms with Gasteiger partial charge in [0.25, 0.3) is 5.97 Å². The Bertz CT molecular complexity index is 2080. The largest absolute Gasteiger partial charge is 0.390 e. The zero-order chi connectivity index (χ0) is 40.6. The van der Waals surface area contributed by atoms with Crippen LogP contribution in [0.15, 0.2) is 12.2 Å². The van der Waals surface area contributed by atoms with Crippen LogP contribution in [0.1, 0.15) is 74.1 Å². The van der Waals surface area contributed by atoms with Gasteiger partial charge in [0.2, 0.25) is 11.6 Å². The van der Waals surface area contributed by atoms with E-state index in [0.717, 1.165) is 18.4 Å². The molecule has 6 aliphatic heterocycles. The van der Waals surface area contributed by atoms with Crippen LogP contribution in [0, 0.1) is 97.1 Å². The molecule has 0 radical (unpaired) electrons. The van der Waals surface area contributed by atoms with Crippen molar-refractivity contribution in [3.8, 4) is 0 Å². The van der Waals surface area contributed by atoms with E-state index in [2.05, 4.69) is 20.4 Å². The topological polar surface area (TPSA) is 197 Å². The molecule has 6 heterocycles. The maximum absolute atomic E-state index is 15.1. The second-order valence-electron chi connectivity index (χ2n) is 24.0. The predicted molar refractivity (Wildman–Crippen MR) is 195 cm³/mol. The van der Waals surface area contributed by atoms with E-state index in [9.17, 15) is 30.3 Å². The lowest BCUT2D eigenvalue weighted by molar-refractivity contribution is -0.545. The third-order valence-electron chi connectivity index (χ3n) is 21.9. The first-order chi connectivity index (χ1) is 27.1. The number of hydrogen-bond acceptors (Lipinski definition) is 13. The summed E-state index contributed by atoms with van der Waals surface area (Å²) in [5.41, 5.74) is -5.10. The number of rotatable bonds is 4. The molecule has 3 unspecified atom stereocenters. The lowest BCUT2D eigenvalue weighted by Gasteiger charge is -2.85. The second-order valence-corrected chi connectivity index (χ2v) is 24.0. The van der Waals surface area contributed by atoms with Crippen molar-refractivity contribution in [1.29, 1.82) is 0 Å². The Balaban J connectivity index is 0.850. The molecule has 16 aliphatic rings. The molecule has 16 fully saturated rings. The molecule has 58 heavy (non-hydrogen) atoms. The molecule has 0 aromatic carbocycles. The molecule has 6 saturated heterocycles. The summed E-state index contributed by atoms with van der Waals surface area (Å²) >= 11 is 0. The van der Waals surface area contributed by atoms with Gasteiger partial charge in [0.15, 0.2) is 5.78 Å². The van der Waals surface area contributed by atoms with E-state index in [1.807, 2.05) is 27.7 Å². The smallest absolute Gasteiger partial charge is 0.280 e. The van der Waals surface area contributed by atoms with Gasteiger partial charge in [-0.2, -0.15) is 0 Å². The van der Waals surface area contributed by atoms with Crippen LogP contribution < -0.4 is 0 Å². The van der Waals surface area contributed by atoms with E-state index in [1.165, 1.54) is 6.92 Å². The zero-order valence-corrected chi connectivity index (χ0v) is 34.3. The van der Waals surface area contributed by atoms with Gasteiger partial charge in [-0.25, -0.2) is 0 Å². The first kappa shape index (κ1) is 36.2. The van der Waals surface area contributed by atoms with Gasteiger partial charge in [-0.1, -0.05) is 53.7 Å². The van der Waals surface area contributed by atoms with Crippen molar-refractivity contribution in [2.45, 2.75) is 141 Å². The molecule has 10 saturated carbocycles. The van der Waals surface area contributed by atoms with Crippen LogP contribution in [0.3, 0.4) is 0 Å². The number of ketones is 2. The fraction of sp³-hybridized carbons (Fsp3) is 0.911. The summed E-state index contributed by atoms with van der Waals surface area (Å²) in [5, 5.41) is 62.4. The molecular formula is C45H58O13. The summed E-state index contributed by atoms with van der Waals surface area (Å²) in [6, 6.07) is 0. The average Bonchev–Trinajstić information content (AvgIpc) is 4.07. The highest BCUT2D eigenvalue weighted by Gasteiger charge is 2.97. The number of Topliss-reactive ketones (excluding diaryl/α,β-unsaturated/α-hetero) is 2. The van der Waals surface area contributed by atoms with Gasteiger partial charge in [-0.3, -0.25) is 14.3 Å². The van der Waals surface area contributed by atoms with Crippen molar-refractivity contribution >= 4 is 11.6 Å². The van der Waals surface area contributed by atoms with Gasteiger partial charge >= 0.3 is 0 Å². The number of aliphatic hydroxyl groups excluding tert-OH is 3. The minimum atomic E-state index is -2.44. The van der Waals surface area contributed by atoms with E-state index < -0.39 is 105 Å². The molecule has 25 atom stereocenters. The van der Waals surface area contributed by atoms with E-state index in [1.54, 1.807) is 0 Å².